The average Bonchev–Trinajstić information content (AvgIpc) is 2.85. The van der Waals surface area contributed by atoms with Crippen molar-refractivity contribution in [2.75, 3.05) is 38.1 Å². The highest BCUT2D eigenvalue weighted by molar-refractivity contribution is 5.98. The highest BCUT2D eigenvalue weighted by Crippen LogP contribution is 2.36. The summed E-state index contributed by atoms with van der Waals surface area (Å²) < 4.78 is 4.94. The second-order valence-electron chi connectivity index (χ2n) is 9.83. The lowest BCUT2D eigenvalue weighted by Crippen LogP contribution is -2.53. The molecule has 0 spiro atoms. The number of nitrogens with zero attached hydrogens (tertiary/aromatic N) is 3. The number of aromatic nitrogens is 1. The summed E-state index contributed by atoms with van der Waals surface area (Å²) in [6.45, 7) is 11.5. The van der Waals surface area contributed by atoms with Gasteiger partial charge in [0, 0.05) is 37.4 Å². The molecule has 216 valence electrons. The van der Waals surface area contributed by atoms with Crippen LogP contribution >= 0.6 is 24.8 Å². The van der Waals surface area contributed by atoms with Gasteiger partial charge in [-0.1, -0.05) is 43.7 Å². The highest BCUT2D eigenvalue weighted by Gasteiger charge is 2.29. The lowest BCUT2D eigenvalue weighted by Gasteiger charge is -2.34. The van der Waals surface area contributed by atoms with Crippen LogP contribution in [0.25, 0.3) is 11.1 Å². The van der Waals surface area contributed by atoms with Crippen LogP contribution < -0.4 is 11.1 Å². The number of aryl methyl sites for hydroxylation is 2. The zero-order valence-corrected chi connectivity index (χ0v) is 25.0. The highest BCUT2D eigenvalue weighted by atomic mass is 35.5. The van der Waals surface area contributed by atoms with Crippen molar-refractivity contribution in [2.45, 2.75) is 54.0 Å². The van der Waals surface area contributed by atoms with E-state index in [4.69, 9.17) is 15.5 Å². The number of rotatable bonds is 9. The Kier molecular flexibility index (Phi) is 13.7. The maximum Gasteiger partial charge on any atom is 0.322 e. The zero-order chi connectivity index (χ0) is 27.1. The second kappa shape index (κ2) is 15.6. The molecule has 3 amide bonds. The standard InChI is InChI=1S/C28H39N5O4.2ClH/c1-6-37-25(35)11-12-32-13-14-33(17-24(32)34)28(36)31-27-20(5)30-23(15-18(2)3)22(16-29)26(27)21-9-7-19(4)8-10-21;;/h7-10,18H,6,11-17,29H2,1-5H3,(H,31,36);2*1H. The van der Waals surface area contributed by atoms with Crippen LogP contribution in [0, 0.1) is 19.8 Å². The van der Waals surface area contributed by atoms with Crippen LogP contribution in [0.15, 0.2) is 24.3 Å². The molecule has 0 atom stereocenters. The van der Waals surface area contributed by atoms with Crippen molar-refractivity contribution in [3.8, 4) is 11.1 Å². The Morgan fingerprint density at radius 2 is 1.79 bits per heavy atom. The van der Waals surface area contributed by atoms with Crippen LogP contribution in [0.3, 0.4) is 0 Å². The number of amides is 3. The van der Waals surface area contributed by atoms with Crippen molar-refractivity contribution in [1.82, 2.24) is 14.8 Å². The number of pyridine rings is 1. The summed E-state index contributed by atoms with van der Waals surface area (Å²) >= 11 is 0. The molecule has 2 heterocycles. The smallest absolute Gasteiger partial charge is 0.322 e. The molecule has 3 N–H and O–H groups in total. The topological polar surface area (TPSA) is 118 Å². The van der Waals surface area contributed by atoms with Crippen LogP contribution in [-0.4, -0.2) is 65.5 Å². The van der Waals surface area contributed by atoms with Gasteiger partial charge in [-0.25, -0.2) is 4.79 Å². The first-order chi connectivity index (χ1) is 17.6. The first-order valence-corrected chi connectivity index (χ1v) is 12.9. The van der Waals surface area contributed by atoms with Crippen LogP contribution in [-0.2, 0) is 27.3 Å². The number of hydrogen-bond acceptors (Lipinski definition) is 6. The molecule has 0 unspecified atom stereocenters. The molecular weight excluding hydrogens is 541 g/mol. The van der Waals surface area contributed by atoms with E-state index >= 15 is 0 Å². The van der Waals surface area contributed by atoms with Gasteiger partial charge in [-0.3, -0.25) is 14.6 Å². The minimum absolute atomic E-state index is 0. The van der Waals surface area contributed by atoms with Crippen LogP contribution in [0.5, 0.6) is 0 Å². The lowest BCUT2D eigenvalue weighted by molar-refractivity contribution is -0.144. The number of hydrogen-bond donors (Lipinski definition) is 2. The molecule has 3 rings (SSSR count). The van der Waals surface area contributed by atoms with Gasteiger partial charge in [0.05, 0.1) is 24.4 Å². The van der Waals surface area contributed by atoms with E-state index in [-0.39, 0.29) is 62.2 Å². The molecular formula is C28H41Cl2N5O4. The number of esters is 1. The molecule has 0 aliphatic carbocycles. The van der Waals surface area contributed by atoms with Crippen LogP contribution in [0.2, 0.25) is 0 Å². The van der Waals surface area contributed by atoms with E-state index in [1.165, 1.54) is 4.90 Å². The fourth-order valence-corrected chi connectivity index (χ4v) is 4.53. The number of anilines is 1. The molecule has 1 aromatic carbocycles. The Morgan fingerprint density at radius 1 is 1.13 bits per heavy atom. The molecule has 0 saturated carbocycles. The van der Waals surface area contributed by atoms with E-state index in [9.17, 15) is 14.4 Å². The third-order valence-electron chi connectivity index (χ3n) is 6.44. The summed E-state index contributed by atoms with van der Waals surface area (Å²) in [5, 5.41) is 3.04. The van der Waals surface area contributed by atoms with E-state index in [1.807, 2.05) is 38.1 Å². The Labute approximate surface area is 243 Å². The number of nitrogens with one attached hydrogen (secondary N) is 1. The zero-order valence-electron chi connectivity index (χ0n) is 23.4. The minimum atomic E-state index is -0.365. The number of ether oxygens (including phenoxy) is 1. The molecule has 2 aromatic rings. The monoisotopic (exact) mass is 581 g/mol. The van der Waals surface area contributed by atoms with Crippen molar-refractivity contribution in [3.05, 3.63) is 46.8 Å². The Morgan fingerprint density at radius 3 is 2.36 bits per heavy atom. The molecule has 0 bridgehead atoms. The fourth-order valence-electron chi connectivity index (χ4n) is 4.53. The molecule has 1 fully saturated rings. The second-order valence-corrected chi connectivity index (χ2v) is 9.83. The molecule has 0 radical (unpaired) electrons. The van der Waals surface area contributed by atoms with E-state index in [0.717, 1.165) is 34.4 Å². The third kappa shape index (κ3) is 8.81. The SMILES string of the molecule is CCOC(=O)CCN1CCN(C(=O)Nc2c(C)nc(CC(C)C)c(CN)c2-c2ccc(C)cc2)CC1=O.Cl.Cl. The normalized spacial score (nSPS) is 13.1. The molecule has 11 heteroatoms. The maximum atomic E-state index is 13.3. The first-order valence-electron chi connectivity index (χ1n) is 12.9. The summed E-state index contributed by atoms with van der Waals surface area (Å²) in [5.41, 5.74) is 12.4. The Hall–Kier alpha value is -2.88. The van der Waals surface area contributed by atoms with Crippen molar-refractivity contribution >= 4 is 48.4 Å². The molecule has 1 aliphatic rings. The minimum Gasteiger partial charge on any atom is -0.466 e. The van der Waals surface area contributed by atoms with E-state index < -0.39 is 0 Å². The number of urea groups is 1. The van der Waals surface area contributed by atoms with Crippen molar-refractivity contribution in [1.29, 1.82) is 0 Å². The van der Waals surface area contributed by atoms with Gasteiger partial charge in [0.1, 0.15) is 6.54 Å². The fraction of sp³-hybridized carbons (Fsp3) is 0.500. The number of halogens is 2. The van der Waals surface area contributed by atoms with Gasteiger partial charge in [-0.05, 0) is 44.2 Å². The summed E-state index contributed by atoms with van der Waals surface area (Å²) in [6, 6.07) is 7.77. The lowest BCUT2D eigenvalue weighted by atomic mass is 9.92. The van der Waals surface area contributed by atoms with E-state index in [0.29, 0.717) is 43.5 Å². The summed E-state index contributed by atoms with van der Waals surface area (Å²) in [5.74, 6) is -0.136. The van der Waals surface area contributed by atoms with Gasteiger partial charge in [-0.15, -0.1) is 24.8 Å². The van der Waals surface area contributed by atoms with Gasteiger partial charge in [0.2, 0.25) is 5.91 Å². The van der Waals surface area contributed by atoms with Gasteiger partial charge in [0.15, 0.2) is 0 Å². The van der Waals surface area contributed by atoms with Crippen molar-refractivity contribution in [2.24, 2.45) is 11.7 Å². The Balaban J connectivity index is 0.00000380. The first kappa shape index (κ1) is 34.1. The number of benzene rings is 1. The summed E-state index contributed by atoms with van der Waals surface area (Å²) in [4.78, 5) is 45.6. The van der Waals surface area contributed by atoms with Gasteiger partial charge in [0.25, 0.3) is 0 Å². The molecule has 1 aromatic heterocycles. The largest absolute Gasteiger partial charge is 0.466 e. The Bertz CT molecular complexity index is 1140. The molecule has 1 saturated heterocycles. The predicted molar refractivity (Wildman–Crippen MR) is 158 cm³/mol. The van der Waals surface area contributed by atoms with E-state index in [1.54, 1.807) is 11.8 Å². The number of carbonyl (C=O) groups excluding carboxylic acids is 3. The summed E-state index contributed by atoms with van der Waals surface area (Å²) in [6.07, 6.45) is 0.920. The average molecular weight is 583 g/mol. The number of piperazine rings is 1. The maximum absolute atomic E-state index is 13.3. The molecule has 1 aliphatic heterocycles. The molecule has 9 nitrogen and oxygen atoms in total. The number of nitrogens with two attached hydrogens (primary N) is 1. The van der Waals surface area contributed by atoms with Gasteiger partial charge in [-0.2, -0.15) is 0 Å². The number of carbonyl (C=O) groups is 3. The van der Waals surface area contributed by atoms with Crippen LogP contribution in [0.4, 0.5) is 10.5 Å². The quantitative estimate of drug-likeness (QED) is 0.421. The third-order valence-corrected chi connectivity index (χ3v) is 6.44. The van der Waals surface area contributed by atoms with Crippen molar-refractivity contribution < 1.29 is 19.1 Å². The van der Waals surface area contributed by atoms with Gasteiger partial charge >= 0.3 is 12.0 Å². The van der Waals surface area contributed by atoms with Crippen LogP contribution in [0.1, 0.15) is 49.7 Å². The van der Waals surface area contributed by atoms with E-state index in [2.05, 4.69) is 19.2 Å². The van der Waals surface area contributed by atoms with Crippen molar-refractivity contribution in [3.63, 3.8) is 0 Å². The predicted octanol–water partition coefficient (Wildman–Crippen LogP) is 4.50. The summed E-state index contributed by atoms with van der Waals surface area (Å²) in [7, 11) is 0. The molecule has 39 heavy (non-hydrogen) atoms. The van der Waals surface area contributed by atoms with Gasteiger partial charge < -0.3 is 25.6 Å².